The molecule has 0 saturated heterocycles. The van der Waals surface area contributed by atoms with Crippen LogP contribution < -0.4 is 0 Å². The van der Waals surface area contributed by atoms with Gasteiger partial charge in [-0.05, 0) is 50.7 Å². The molecule has 2 heteroatoms. The van der Waals surface area contributed by atoms with Crippen LogP contribution >= 0.6 is 0 Å². The molecular weight excluding hydrogens is 520 g/mol. The lowest BCUT2D eigenvalue weighted by atomic mass is 9.82. The maximum absolute atomic E-state index is 2.43. The fraction of sp³-hybridized carbons (Fsp3) is 0.0732. The molecule has 0 amide bonds. The SMILES string of the molecule is c1ccc(Cn2cc(C(c3cccc4ccccc34)c3cn(Cc4ccccc4)c4ccccc34)c3ccccc32)cc1. The van der Waals surface area contributed by atoms with Crippen LogP contribution in [0.25, 0.3) is 32.6 Å². The third kappa shape index (κ3) is 4.62. The molecule has 8 rings (SSSR count). The summed E-state index contributed by atoms with van der Waals surface area (Å²) < 4.78 is 4.86. The molecule has 0 aliphatic heterocycles. The van der Waals surface area contributed by atoms with Crippen LogP contribution in [0.1, 0.15) is 33.7 Å². The van der Waals surface area contributed by atoms with Crippen molar-refractivity contribution in [1.29, 1.82) is 0 Å². The third-order valence-corrected chi connectivity index (χ3v) is 8.79. The Morgan fingerprint density at radius 3 is 1.37 bits per heavy atom. The molecule has 6 aromatic carbocycles. The summed E-state index contributed by atoms with van der Waals surface area (Å²) in [6.07, 6.45) is 4.82. The lowest BCUT2D eigenvalue weighted by Crippen LogP contribution is -2.04. The average Bonchev–Trinajstić information content (AvgIpc) is 3.61. The molecule has 0 N–H and O–H groups in total. The lowest BCUT2D eigenvalue weighted by molar-refractivity contribution is 0.817. The standard InChI is InChI=1S/C41H32N2/c1-3-14-30(15-4-1)26-42-28-37(34-21-9-11-24-39(34)42)41(36-23-13-19-32-18-7-8-20-33(32)36)38-29-43(27-31-16-5-2-6-17-31)40-25-12-10-22-35(38)40/h1-25,28-29,41H,26-27H2. The Bertz CT molecular complexity index is 2060. The van der Waals surface area contributed by atoms with Gasteiger partial charge in [-0.2, -0.15) is 0 Å². The highest BCUT2D eigenvalue weighted by Crippen LogP contribution is 2.43. The Morgan fingerprint density at radius 2 is 0.814 bits per heavy atom. The van der Waals surface area contributed by atoms with Gasteiger partial charge in [0, 0.05) is 53.2 Å². The van der Waals surface area contributed by atoms with Crippen molar-refractivity contribution in [3.63, 3.8) is 0 Å². The summed E-state index contributed by atoms with van der Waals surface area (Å²) in [5.41, 5.74) is 9.14. The molecular formula is C41H32N2. The first kappa shape index (κ1) is 25.4. The van der Waals surface area contributed by atoms with Gasteiger partial charge in [-0.3, -0.25) is 0 Å². The molecule has 0 atom stereocenters. The highest BCUT2D eigenvalue weighted by atomic mass is 15.0. The second-order valence-electron chi connectivity index (χ2n) is 11.4. The largest absolute Gasteiger partial charge is 0.343 e. The van der Waals surface area contributed by atoms with Crippen molar-refractivity contribution in [2.75, 3.05) is 0 Å². The second kappa shape index (κ2) is 10.8. The van der Waals surface area contributed by atoms with E-state index in [-0.39, 0.29) is 5.92 Å². The van der Waals surface area contributed by atoms with E-state index in [1.165, 1.54) is 60.4 Å². The van der Waals surface area contributed by atoms with Crippen LogP contribution in [0.4, 0.5) is 0 Å². The van der Waals surface area contributed by atoms with Gasteiger partial charge < -0.3 is 9.13 Å². The first-order valence-electron chi connectivity index (χ1n) is 15.0. The quantitative estimate of drug-likeness (QED) is 0.186. The number of hydrogen-bond donors (Lipinski definition) is 0. The van der Waals surface area contributed by atoms with E-state index in [1.54, 1.807) is 0 Å². The molecule has 0 fully saturated rings. The molecule has 0 spiro atoms. The van der Waals surface area contributed by atoms with E-state index >= 15 is 0 Å². The summed E-state index contributed by atoms with van der Waals surface area (Å²) in [6, 6.07) is 54.9. The van der Waals surface area contributed by atoms with Gasteiger partial charge >= 0.3 is 0 Å². The highest BCUT2D eigenvalue weighted by Gasteiger charge is 2.27. The number of para-hydroxylation sites is 2. The minimum Gasteiger partial charge on any atom is -0.343 e. The number of benzene rings is 6. The van der Waals surface area contributed by atoms with Gasteiger partial charge in [0.25, 0.3) is 0 Å². The Labute approximate surface area is 252 Å². The molecule has 2 nitrogen and oxygen atoms in total. The van der Waals surface area contributed by atoms with Crippen LogP contribution in [0.3, 0.4) is 0 Å². The predicted octanol–water partition coefficient (Wildman–Crippen LogP) is 10.0. The van der Waals surface area contributed by atoms with Crippen LogP contribution in [0.15, 0.2) is 164 Å². The zero-order chi connectivity index (χ0) is 28.6. The van der Waals surface area contributed by atoms with Crippen molar-refractivity contribution in [3.8, 4) is 0 Å². The molecule has 0 saturated carbocycles. The van der Waals surface area contributed by atoms with Gasteiger partial charge in [-0.1, -0.05) is 140 Å². The molecule has 0 bridgehead atoms. The maximum atomic E-state index is 2.43. The van der Waals surface area contributed by atoms with Gasteiger partial charge in [0.2, 0.25) is 0 Å². The number of fused-ring (bicyclic) bond motifs is 3. The van der Waals surface area contributed by atoms with Crippen molar-refractivity contribution in [2.45, 2.75) is 19.0 Å². The van der Waals surface area contributed by atoms with Crippen molar-refractivity contribution >= 4 is 32.6 Å². The second-order valence-corrected chi connectivity index (χ2v) is 11.4. The van der Waals surface area contributed by atoms with Gasteiger partial charge in [-0.15, -0.1) is 0 Å². The molecule has 2 aromatic heterocycles. The number of rotatable bonds is 7. The fourth-order valence-corrected chi connectivity index (χ4v) is 6.84. The Balaban J connectivity index is 1.39. The third-order valence-electron chi connectivity index (χ3n) is 8.79. The van der Waals surface area contributed by atoms with E-state index in [0.29, 0.717) is 0 Å². The molecule has 8 aromatic rings. The topological polar surface area (TPSA) is 9.86 Å². The van der Waals surface area contributed by atoms with Crippen LogP contribution in [-0.4, -0.2) is 9.13 Å². The summed E-state index contributed by atoms with van der Waals surface area (Å²) in [7, 11) is 0. The summed E-state index contributed by atoms with van der Waals surface area (Å²) in [5, 5.41) is 5.17. The van der Waals surface area contributed by atoms with Crippen molar-refractivity contribution < 1.29 is 0 Å². The van der Waals surface area contributed by atoms with Crippen molar-refractivity contribution in [3.05, 3.63) is 192 Å². The smallest absolute Gasteiger partial charge is 0.0486 e. The summed E-state index contributed by atoms with van der Waals surface area (Å²) in [6.45, 7) is 1.67. The first-order chi connectivity index (χ1) is 21.3. The minimum absolute atomic E-state index is 0.0509. The number of hydrogen-bond acceptors (Lipinski definition) is 0. The van der Waals surface area contributed by atoms with Gasteiger partial charge in [0.15, 0.2) is 0 Å². The summed E-state index contributed by atoms with van der Waals surface area (Å²) in [5.74, 6) is 0.0509. The van der Waals surface area contributed by atoms with Crippen LogP contribution in [0.2, 0.25) is 0 Å². The van der Waals surface area contributed by atoms with Crippen LogP contribution in [0.5, 0.6) is 0 Å². The van der Waals surface area contributed by atoms with Crippen LogP contribution in [-0.2, 0) is 13.1 Å². The van der Waals surface area contributed by atoms with E-state index in [9.17, 15) is 0 Å². The lowest BCUT2D eigenvalue weighted by Gasteiger charge is -2.20. The Morgan fingerprint density at radius 1 is 0.372 bits per heavy atom. The minimum atomic E-state index is 0.0509. The molecule has 0 unspecified atom stereocenters. The monoisotopic (exact) mass is 552 g/mol. The van der Waals surface area contributed by atoms with E-state index < -0.39 is 0 Å². The van der Waals surface area contributed by atoms with E-state index in [2.05, 4.69) is 173 Å². The average molecular weight is 553 g/mol. The van der Waals surface area contributed by atoms with Crippen LogP contribution in [0, 0.1) is 0 Å². The Hall–Kier alpha value is -5.34. The summed E-state index contributed by atoms with van der Waals surface area (Å²) >= 11 is 0. The molecule has 0 aliphatic rings. The predicted molar refractivity (Wildman–Crippen MR) is 180 cm³/mol. The maximum Gasteiger partial charge on any atom is 0.0486 e. The molecule has 43 heavy (non-hydrogen) atoms. The normalized spacial score (nSPS) is 11.7. The zero-order valence-corrected chi connectivity index (χ0v) is 24.0. The fourth-order valence-electron chi connectivity index (χ4n) is 6.84. The summed E-state index contributed by atoms with van der Waals surface area (Å²) in [4.78, 5) is 0. The van der Waals surface area contributed by atoms with E-state index in [4.69, 9.17) is 0 Å². The number of aromatic nitrogens is 2. The van der Waals surface area contributed by atoms with Gasteiger partial charge in [0.05, 0.1) is 0 Å². The number of nitrogens with zero attached hydrogens (tertiary/aromatic N) is 2. The highest BCUT2D eigenvalue weighted by molar-refractivity contribution is 5.93. The Kier molecular flexibility index (Phi) is 6.38. The molecule has 0 radical (unpaired) electrons. The van der Waals surface area contributed by atoms with Gasteiger partial charge in [-0.25, -0.2) is 0 Å². The van der Waals surface area contributed by atoms with E-state index in [1.807, 2.05) is 0 Å². The van der Waals surface area contributed by atoms with Gasteiger partial charge in [0.1, 0.15) is 0 Å². The van der Waals surface area contributed by atoms with Crippen molar-refractivity contribution in [2.24, 2.45) is 0 Å². The molecule has 0 aliphatic carbocycles. The first-order valence-corrected chi connectivity index (χ1v) is 15.0. The van der Waals surface area contributed by atoms with E-state index in [0.717, 1.165) is 13.1 Å². The molecule has 2 heterocycles. The molecule has 206 valence electrons. The van der Waals surface area contributed by atoms with Crippen molar-refractivity contribution in [1.82, 2.24) is 9.13 Å². The zero-order valence-electron chi connectivity index (χ0n) is 24.0.